The Labute approximate surface area is 133 Å². The molecule has 124 valence electrons. The Morgan fingerprint density at radius 1 is 0.571 bits per heavy atom. The lowest BCUT2D eigenvalue weighted by molar-refractivity contribution is 0.0874. The lowest BCUT2D eigenvalue weighted by Gasteiger charge is -2.38. The summed E-state index contributed by atoms with van der Waals surface area (Å²) in [5, 5.41) is 0. The van der Waals surface area contributed by atoms with Gasteiger partial charge in [-0.15, -0.1) is 0 Å². The normalized spacial score (nSPS) is 23.4. The molecule has 2 aliphatic carbocycles. The van der Waals surface area contributed by atoms with Crippen molar-refractivity contribution in [3.63, 3.8) is 0 Å². The van der Waals surface area contributed by atoms with Crippen LogP contribution in [0.3, 0.4) is 0 Å². The van der Waals surface area contributed by atoms with Gasteiger partial charge in [0.25, 0.3) is 0 Å². The van der Waals surface area contributed by atoms with Crippen molar-refractivity contribution in [2.45, 2.75) is 103 Å². The highest BCUT2D eigenvalue weighted by molar-refractivity contribution is 6.78. The number of rotatable bonds is 6. The predicted octanol–water partition coefficient (Wildman–Crippen LogP) is 5.11. The van der Waals surface area contributed by atoms with Gasteiger partial charge in [0.05, 0.1) is 0 Å². The van der Waals surface area contributed by atoms with Crippen LogP contribution in [0, 0.1) is 0 Å². The van der Waals surface area contributed by atoms with Gasteiger partial charge in [-0.3, -0.25) is 0 Å². The number of hydrogen-bond donors (Lipinski definition) is 0. The van der Waals surface area contributed by atoms with E-state index in [9.17, 15) is 0 Å². The number of hydrogen-bond acceptors (Lipinski definition) is 3. The first kappa shape index (κ1) is 17.7. The molecule has 0 unspecified atom stereocenters. The van der Waals surface area contributed by atoms with Crippen molar-refractivity contribution in [3.05, 3.63) is 0 Å². The molecule has 0 bridgehead atoms. The molecule has 0 heterocycles. The van der Waals surface area contributed by atoms with Gasteiger partial charge in [0.15, 0.2) is 0 Å². The molecule has 0 radical (unpaired) electrons. The van der Waals surface area contributed by atoms with Crippen molar-refractivity contribution < 1.29 is 13.0 Å². The van der Waals surface area contributed by atoms with E-state index in [4.69, 9.17) is 13.0 Å². The third kappa shape index (κ3) is 6.52. The van der Waals surface area contributed by atoms with Gasteiger partial charge in [-0.1, -0.05) is 38.5 Å². The van der Waals surface area contributed by atoms with Crippen LogP contribution in [0.2, 0.25) is 26.2 Å². The molecule has 0 spiro atoms. The molecule has 2 saturated carbocycles. The van der Waals surface area contributed by atoms with Gasteiger partial charge in [0, 0.05) is 12.2 Å². The largest absolute Gasteiger partial charge is 0.415 e. The Bertz CT molecular complexity index is 279. The maximum absolute atomic E-state index is 6.46. The average Bonchev–Trinajstić information content (AvgIpc) is 2.38. The van der Waals surface area contributed by atoms with Gasteiger partial charge in [-0.05, 0) is 51.9 Å². The van der Waals surface area contributed by atoms with Crippen molar-refractivity contribution in [1.82, 2.24) is 0 Å². The fourth-order valence-electron chi connectivity index (χ4n) is 3.81. The van der Waals surface area contributed by atoms with Crippen molar-refractivity contribution in [2.24, 2.45) is 0 Å². The molecule has 0 amide bonds. The molecule has 0 atom stereocenters. The Kier molecular flexibility index (Phi) is 6.50. The molecular formula is C16H34O3Si2. The topological polar surface area (TPSA) is 27.7 Å². The quantitative estimate of drug-likeness (QED) is 0.634. The smallest absolute Gasteiger partial charge is 0.323 e. The molecule has 2 aliphatic rings. The molecule has 0 aromatic heterocycles. The highest BCUT2D eigenvalue weighted by atomic mass is 28.5. The summed E-state index contributed by atoms with van der Waals surface area (Å²) in [5.74, 6) is 0. The molecule has 0 aromatic carbocycles. The second-order valence-electron chi connectivity index (χ2n) is 7.66. The lowest BCUT2D eigenvalue weighted by Crippen LogP contribution is -2.51. The van der Waals surface area contributed by atoms with Gasteiger partial charge in [0.2, 0.25) is 0 Å². The molecule has 5 heteroatoms. The van der Waals surface area contributed by atoms with Crippen LogP contribution >= 0.6 is 0 Å². The second-order valence-corrected chi connectivity index (χ2v) is 14.5. The molecule has 3 nitrogen and oxygen atoms in total. The van der Waals surface area contributed by atoms with Gasteiger partial charge < -0.3 is 13.0 Å². The van der Waals surface area contributed by atoms with Crippen molar-refractivity contribution in [2.75, 3.05) is 0 Å². The van der Waals surface area contributed by atoms with Gasteiger partial charge in [-0.2, -0.15) is 0 Å². The third-order valence-electron chi connectivity index (χ3n) is 4.50. The first-order valence-corrected chi connectivity index (χ1v) is 14.6. The molecule has 2 fully saturated rings. The SMILES string of the molecule is C[Si](C)(OC1CCCCC1)O[Si](C)(C)OC1CCCCC1. The maximum atomic E-state index is 6.46. The van der Waals surface area contributed by atoms with E-state index >= 15 is 0 Å². The maximum Gasteiger partial charge on any atom is 0.323 e. The van der Waals surface area contributed by atoms with E-state index in [0.717, 1.165) is 0 Å². The monoisotopic (exact) mass is 330 g/mol. The van der Waals surface area contributed by atoms with Crippen LogP contribution in [0.15, 0.2) is 0 Å². The van der Waals surface area contributed by atoms with Crippen molar-refractivity contribution >= 4 is 17.1 Å². The molecule has 21 heavy (non-hydrogen) atoms. The molecule has 0 N–H and O–H groups in total. The van der Waals surface area contributed by atoms with E-state index in [0.29, 0.717) is 12.2 Å². The summed E-state index contributed by atoms with van der Waals surface area (Å²) >= 11 is 0. The standard InChI is InChI=1S/C16H34O3Si2/c1-20(2,17-15-11-7-5-8-12-15)19-21(3,4)18-16-13-9-6-10-14-16/h15-16H,5-14H2,1-4H3. The first-order valence-electron chi connectivity index (χ1n) is 8.92. The first-order chi connectivity index (χ1) is 9.86. The van der Waals surface area contributed by atoms with Crippen LogP contribution < -0.4 is 0 Å². The fourth-order valence-corrected chi connectivity index (χ4v) is 11.0. The highest BCUT2D eigenvalue weighted by Crippen LogP contribution is 2.28. The molecule has 0 aliphatic heterocycles. The predicted molar refractivity (Wildman–Crippen MR) is 92.0 cm³/mol. The van der Waals surface area contributed by atoms with Crippen LogP contribution in [0.25, 0.3) is 0 Å². The van der Waals surface area contributed by atoms with Crippen LogP contribution in [-0.2, 0) is 13.0 Å². The second kappa shape index (κ2) is 7.73. The Balaban J connectivity index is 1.81. The van der Waals surface area contributed by atoms with Crippen LogP contribution in [0.4, 0.5) is 0 Å². The van der Waals surface area contributed by atoms with E-state index in [1.54, 1.807) is 0 Å². The summed E-state index contributed by atoms with van der Waals surface area (Å²) in [5.41, 5.74) is 0. The summed E-state index contributed by atoms with van der Waals surface area (Å²) < 4.78 is 19.2. The Hall–Kier alpha value is 0.314. The van der Waals surface area contributed by atoms with Gasteiger partial charge in [-0.25, -0.2) is 0 Å². The summed E-state index contributed by atoms with van der Waals surface area (Å²) in [4.78, 5) is 0. The van der Waals surface area contributed by atoms with E-state index in [1.165, 1.54) is 64.2 Å². The van der Waals surface area contributed by atoms with Crippen molar-refractivity contribution in [1.29, 1.82) is 0 Å². The zero-order valence-corrected chi connectivity index (χ0v) is 16.5. The fraction of sp³-hybridized carbons (Fsp3) is 1.00. The Morgan fingerprint density at radius 2 is 0.905 bits per heavy atom. The minimum absolute atomic E-state index is 0.430. The van der Waals surface area contributed by atoms with Crippen LogP contribution in [0.1, 0.15) is 64.2 Å². The zero-order chi connectivity index (χ0) is 15.3. The molecule has 0 saturated heterocycles. The minimum atomic E-state index is -2.07. The van der Waals surface area contributed by atoms with Crippen molar-refractivity contribution in [3.8, 4) is 0 Å². The van der Waals surface area contributed by atoms with E-state index in [-0.39, 0.29) is 0 Å². The molecular weight excluding hydrogens is 296 g/mol. The van der Waals surface area contributed by atoms with Crippen LogP contribution in [0.5, 0.6) is 0 Å². The summed E-state index contributed by atoms with van der Waals surface area (Å²) in [6, 6.07) is 0. The summed E-state index contributed by atoms with van der Waals surface area (Å²) in [6.45, 7) is 8.78. The molecule has 0 aromatic rings. The van der Waals surface area contributed by atoms with Gasteiger partial charge >= 0.3 is 17.1 Å². The zero-order valence-electron chi connectivity index (χ0n) is 14.5. The third-order valence-corrected chi connectivity index (χ3v) is 10.2. The summed E-state index contributed by atoms with van der Waals surface area (Å²) in [6.07, 6.45) is 13.7. The van der Waals surface area contributed by atoms with E-state index in [1.807, 2.05) is 0 Å². The summed E-state index contributed by atoms with van der Waals surface area (Å²) in [7, 11) is -4.15. The van der Waals surface area contributed by atoms with Gasteiger partial charge in [0.1, 0.15) is 0 Å². The van der Waals surface area contributed by atoms with E-state index < -0.39 is 17.1 Å². The Morgan fingerprint density at radius 3 is 1.24 bits per heavy atom. The van der Waals surface area contributed by atoms with Crippen LogP contribution in [-0.4, -0.2) is 29.3 Å². The molecule has 2 rings (SSSR count). The highest BCUT2D eigenvalue weighted by Gasteiger charge is 2.39. The lowest BCUT2D eigenvalue weighted by atomic mass is 9.98. The average molecular weight is 331 g/mol. The van der Waals surface area contributed by atoms with E-state index in [2.05, 4.69) is 26.2 Å². The minimum Gasteiger partial charge on any atom is -0.415 e.